The van der Waals surface area contributed by atoms with Crippen molar-refractivity contribution in [3.63, 3.8) is 0 Å². The Kier molecular flexibility index (Phi) is 4.58. The zero-order valence-corrected chi connectivity index (χ0v) is 11.7. The van der Waals surface area contributed by atoms with Crippen molar-refractivity contribution in [1.29, 1.82) is 0 Å². The Labute approximate surface area is 117 Å². The van der Waals surface area contributed by atoms with Gasteiger partial charge in [0.2, 0.25) is 11.8 Å². The molecule has 0 aliphatic heterocycles. The first kappa shape index (κ1) is 13.6. The van der Waals surface area contributed by atoms with Crippen LogP contribution in [0.3, 0.4) is 0 Å². The maximum atomic E-state index is 6.02. The van der Waals surface area contributed by atoms with Crippen LogP contribution in [0.25, 0.3) is 0 Å². The molecule has 0 aliphatic rings. The number of aryl methyl sites for hydroxylation is 1. The molecule has 0 bridgehead atoms. The highest BCUT2D eigenvalue weighted by molar-refractivity contribution is 6.18. The van der Waals surface area contributed by atoms with Gasteiger partial charge in [-0.1, -0.05) is 30.3 Å². The summed E-state index contributed by atoms with van der Waals surface area (Å²) in [5.74, 6) is 1.49. The fourth-order valence-electron chi connectivity index (χ4n) is 1.76. The van der Waals surface area contributed by atoms with Crippen LogP contribution in [0.5, 0.6) is 5.88 Å². The fraction of sp³-hybridized carbons (Fsp3) is 0.286. The molecule has 1 N–H and O–H groups in total. The van der Waals surface area contributed by atoms with E-state index in [1.54, 1.807) is 13.2 Å². The summed E-state index contributed by atoms with van der Waals surface area (Å²) >= 11 is 6.02. The van der Waals surface area contributed by atoms with E-state index in [1.807, 2.05) is 37.3 Å². The number of rotatable bonds is 5. The van der Waals surface area contributed by atoms with E-state index in [9.17, 15) is 0 Å². The molecule has 0 aliphatic carbocycles. The first-order valence-electron chi connectivity index (χ1n) is 6.00. The molecule has 1 unspecified atom stereocenters. The number of benzene rings is 1. The van der Waals surface area contributed by atoms with Crippen LogP contribution in [-0.4, -0.2) is 23.0 Å². The number of ether oxygens (including phenoxy) is 1. The minimum atomic E-state index is -0.0330. The van der Waals surface area contributed by atoms with E-state index < -0.39 is 0 Å². The molecule has 1 atom stereocenters. The van der Waals surface area contributed by atoms with E-state index in [2.05, 4.69) is 15.3 Å². The lowest BCUT2D eigenvalue weighted by molar-refractivity contribution is 0.397. The van der Waals surface area contributed by atoms with Gasteiger partial charge in [-0.2, -0.15) is 4.98 Å². The van der Waals surface area contributed by atoms with Gasteiger partial charge in [0, 0.05) is 17.6 Å². The van der Waals surface area contributed by atoms with Crippen molar-refractivity contribution in [1.82, 2.24) is 9.97 Å². The molecule has 4 nitrogen and oxygen atoms in total. The van der Waals surface area contributed by atoms with Crippen molar-refractivity contribution in [3.05, 3.63) is 47.7 Å². The summed E-state index contributed by atoms with van der Waals surface area (Å²) in [4.78, 5) is 8.60. The second kappa shape index (κ2) is 6.38. The van der Waals surface area contributed by atoms with Crippen LogP contribution in [0.1, 0.15) is 17.3 Å². The number of alkyl halides is 1. The molecular formula is C14H16ClN3O. The zero-order chi connectivity index (χ0) is 13.7. The van der Waals surface area contributed by atoms with Crippen molar-refractivity contribution < 1.29 is 4.74 Å². The Bertz CT molecular complexity index is 533. The first-order chi connectivity index (χ1) is 9.22. The lowest BCUT2D eigenvalue weighted by atomic mass is 10.1. The number of methoxy groups -OCH3 is 1. The van der Waals surface area contributed by atoms with E-state index in [-0.39, 0.29) is 6.04 Å². The molecule has 2 rings (SSSR count). The van der Waals surface area contributed by atoms with Crippen molar-refractivity contribution in [2.75, 3.05) is 18.3 Å². The monoisotopic (exact) mass is 277 g/mol. The van der Waals surface area contributed by atoms with Gasteiger partial charge in [-0.25, -0.2) is 4.98 Å². The lowest BCUT2D eigenvalue weighted by Crippen LogP contribution is -2.14. The fourth-order valence-corrected chi connectivity index (χ4v) is 2.02. The molecule has 0 saturated heterocycles. The summed E-state index contributed by atoms with van der Waals surface area (Å²) < 4.78 is 5.13. The summed E-state index contributed by atoms with van der Waals surface area (Å²) in [6, 6.07) is 11.7. The number of nitrogens with zero attached hydrogens (tertiary/aromatic N) is 2. The van der Waals surface area contributed by atoms with Gasteiger partial charge in [0.15, 0.2) is 0 Å². The highest BCUT2D eigenvalue weighted by Gasteiger charge is 2.12. The van der Waals surface area contributed by atoms with E-state index >= 15 is 0 Å². The summed E-state index contributed by atoms with van der Waals surface area (Å²) in [5, 5.41) is 3.23. The third-order valence-electron chi connectivity index (χ3n) is 2.70. The Balaban J connectivity index is 2.21. The Morgan fingerprint density at radius 2 is 2.00 bits per heavy atom. The molecule has 0 fully saturated rings. The second-order valence-electron chi connectivity index (χ2n) is 4.14. The summed E-state index contributed by atoms with van der Waals surface area (Å²) in [7, 11) is 1.59. The molecule has 1 heterocycles. The Morgan fingerprint density at radius 3 is 2.63 bits per heavy atom. The molecule has 1 aromatic heterocycles. The maximum Gasteiger partial charge on any atom is 0.226 e. The van der Waals surface area contributed by atoms with E-state index in [4.69, 9.17) is 16.3 Å². The third-order valence-corrected chi connectivity index (χ3v) is 3.01. The number of hydrogen-bond acceptors (Lipinski definition) is 4. The minimum Gasteiger partial charge on any atom is -0.481 e. The SMILES string of the molecule is COc1cc(C)nc(NC(CCl)c2ccccc2)n1. The largest absolute Gasteiger partial charge is 0.481 e. The molecule has 0 amide bonds. The number of aromatic nitrogens is 2. The first-order valence-corrected chi connectivity index (χ1v) is 6.53. The van der Waals surface area contributed by atoms with Crippen LogP contribution in [-0.2, 0) is 0 Å². The van der Waals surface area contributed by atoms with Crippen LogP contribution in [0.2, 0.25) is 0 Å². The number of halogens is 1. The quantitative estimate of drug-likeness (QED) is 0.853. The van der Waals surface area contributed by atoms with Crippen molar-refractivity contribution >= 4 is 17.5 Å². The second-order valence-corrected chi connectivity index (χ2v) is 4.45. The molecule has 19 heavy (non-hydrogen) atoms. The van der Waals surface area contributed by atoms with Crippen LogP contribution >= 0.6 is 11.6 Å². The highest BCUT2D eigenvalue weighted by Crippen LogP contribution is 2.20. The smallest absolute Gasteiger partial charge is 0.226 e. The molecule has 0 radical (unpaired) electrons. The van der Waals surface area contributed by atoms with Crippen molar-refractivity contribution in [2.24, 2.45) is 0 Å². The predicted octanol–water partition coefficient (Wildman–Crippen LogP) is 3.19. The number of anilines is 1. The van der Waals surface area contributed by atoms with Crippen LogP contribution in [0.4, 0.5) is 5.95 Å². The topological polar surface area (TPSA) is 47.0 Å². The van der Waals surface area contributed by atoms with Gasteiger partial charge >= 0.3 is 0 Å². The van der Waals surface area contributed by atoms with Crippen LogP contribution in [0.15, 0.2) is 36.4 Å². The molecule has 0 spiro atoms. The molecular weight excluding hydrogens is 262 g/mol. The normalized spacial score (nSPS) is 11.9. The van der Waals surface area contributed by atoms with E-state index in [0.717, 1.165) is 11.3 Å². The van der Waals surface area contributed by atoms with Gasteiger partial charge in [-0.05, 0) is 12.5 Å². The molecule has 100 valence electrons. The standard InChI is InChI=1S/C14H16ClN3O/c1-10-8-13(19-2)18-14(16-10)17-12(9-15)11-6-4-3-5-7-11/h3-8,12H,9H2,1-2H3,(H,16,17,18). The van der Waals surface area contributed by atoms with Crippen molar-refractivity contribution in [2.45, 2.75) is 13.0 Å². The van der Waals surface area contributed by atoms with Crippen molar-refractivity contribution in [3.8, 4) is 5.88 Å². The van der Waals surface area contributed by atoms with Gasteiger partial charge in [-0.3, -0.25) is 0 Å². The highest BCUT2D eigenvalue weighted by atomic mass is 35.5. The van der Waals surface area contributed by atoms with Gasteiger partial charge < -0.3 is 10.1 Å². The Morgan fingerprint density at radius 1 is 1.26 bits per heavy atom. The van der Waals surface area contributed by atoms with E-state index in [0.29, 0.717) is 17.7 Å². The van der Waals surface area contributed by atoms with Crippen LogP contribution in [0, 0.1) is 6.92 Å². The summed E-state index contributed by atoms with van der Waals surface area (Å²) in [5.41, 5.74) is 1.94. The molecule has 0 saturated carbocycles. The third kappa shape index (κ3) is 3.58. The summed E-state index contributed by atoms with van der Waals surface area (Å²) in [6.45, 7) is 1.90. The Hall–Kier alpha value is -1.81. The number of hydrogen-bond donors (Lipinski definition) is 1. The average molecular weight is 278 g/mol. The number of nitrogens with one attached hydrogen (secondary N) is 1. The zero-order valence-electron chi connectivity index (χ0n) is 10.9. The lowest BCUT2D eigenvalue weighted by Gasteiger charge is -2.17. The van der Waals surface area contributed by atoms with Gasteiger partial charge in [0.05, 0.1) is 13.2 Å². The predicted molar refractivity (Wildman–Crippen MR) is 76.8 cm³/mol. The summed E-state index contributed by atoms with van der Waals surface area (Å²) in [6.07, 6.45) is 0. The molecule has 5 heteroatoms. The average Bonchev–Trinajstić information content (AvgIpc) is 2.45. The molecule has 2 aromatic rings. The van der Waals surface area contributed by atoms with Gasteiger partial charge in [0.25, 0.3) is 0 Å². The maximum absolute atomic E-state index is 6.02. The van der Waals surface area contributed by atoms with E-state index in [1.165, 1.54) is 0 Å². The molecule has 1 aromatic carbocycles. The van der Waals surface area contributed by atoms with Gasteiger partial charge in [-0.15, -0.1) is 11.6 Å². The van der Waals surface area contributed by atoms with Crippen LogP contribution < -0.4 is 10.1 Å². The van der Waals surface area contributed by atoms with Gasteiger partial charge in [0.1, 0.15) is 0 Å². The minimum absolute atomic E-state index is 0.0330.